The Labute approximate surface area is 305 Å². The highest BCUT2D eigenvalue weighted by Crippen LogP contribution is 2.24. The Kier molecular flexibility index (Phi) is 14.1. The molecule has 3 amide bonds. The minimum absolute atomic E-state index is 0.0161. The molecule has 0 saturated carbocycles. The monoisotopic (exact) mass is 741 g/mol. The summed E-state index contributed by atoms with van der Waals surface area (Å²) in [6, 6.07) is 13.4. The van der Waals surface area contributed by atoms with E-state index in [4.69, 9.17) is 4.74 Å². The van der Waals surface area contributed by atoms with Crippen LogP contribution in [0.1, 0.15) is 68.5 Å². The van der Waals surface area contributed by atoms with Gasteiger partial charge in [-0.2, -0.15) is 4.31 Å². The predicted octanol–water partition coefficient (Wildman–Crippen LogP) is 4.83. The molecule has 0 radical (unpaired) electrons. The summed E-state index contributed by atoms with van der Waals surface area (Å²) in [5, 5.41) is 17.0. The van der Waals surface area contributed by atoms with E-state index in [1.807, 2.05) is 65.0 Å². The summed E-state index contributed by atoms with van der Waals surface area (Å²) in [6.07, 6.45) is 0.102. The lowest BCUT2D eigenvalue weighted by Gasteiger charge is -2.34. The molecule has 278 valence electrons. The molecule has 1 aromatic heterocycles. The minimum atomic E-state index is -4.02. The van der Waals surface area contributed by atoms with Crippen LogP contribution in [0, 0.1) is 11.8 Å². The quantitative estimate of drug-likeness (QED) is 0.166. The first-order valence-electron chi connectivity index (χ1n) is 17.4. The Morgan fingerprint density at radius 2 is 1.73 bits per heavy atom. The van der Waals surface area contributed by atoms with E-state index in [0.29, 0.717) is 36.0 Å². The van der Waals surface area contributed by atoms with Crippen molar-refractivity contribution in [3.8, 4) is 5.75 Å². The molecule has 2 N–H and O–H groups in total. The number of Topliss-reactive ketones (excluding diaryl/α,β-unsaturated/α-hetero) is 1. The lowest BCUT2D eigenvalue weighted by Crippen LogP contribution is -2.57. The van der Waals surface area contributed by atoms with Gasteiger partial charge in [0.25, 0.3) is 0 Å². The van der Waals surface area contributed by atoms with E-state index in [2.05, 4.69) is 10.3 Å². The number of carbonyl (C=O) groups is 3. The van der Waals surface area contributed by atoms with Crippen LogP contribution in [0.15, 0.2) is 64.9 Å². The van der Waals surface area contributed by atoms with Gasteiger partial charge in [-0.1, -0.05) is 65.0 Å². The number of urea groups is 1. The number of sulfonamides is 1. The number of nitrogens with zero attached hydrogens (tertiary/aromatic N) is 4. The van der Waals surface area contributed by atoms with Crippen molar-refractivity contribution in [3.05, 3.63) is 76.2 Å². The maximum absolute atomic E-state index is 14.1. The van der Waals surface area contributed by atoms with Crippen LogP contribution in [0.2, 0.25) is 0 Å². The Morgan fingerprint density at radius 3 is 2.33 bits per heavy atom. The number of hydrogen-bond acceptors (Lipinski definition) is 9. The number of benzene rings is 2. The number of ketones is 1. The molecule has 3 aromatic rings. The predicted molar refractivity (Wildman–Crippen MR) is 197 cm³/mol. The molecule has 0 unspecified atom stereocenters. The van der Waals surface area contributed by atoms with Crippen LogP contribution in [0.5, 0.6) is 5.75 Å². The molecule has 0 spiro atoms. The molecule has 3 atom stereocenters. The Hall–Kier alpha value is -3.85. The van der Waals surface area contributed by atoms with Crippen LogP contribution in [-0.4, -0.2) is 102 Å². The zero-order valence-corrected chi connectivity index (χ0v) is 32.0. The molecule has 51 heavy (non-hydrogen) atoms. The molecule has 12 nitrogen and oxygen atoms in total. The van der Waals surface area contributed by atoms with Crippen LogP contribution in [0.3, 0.4) is 0 Å². The molecular formula is C37H51N5O7S2. The summed E-state index contributed by atoms with van der Waals surface area (Å²) in [5.74, 6) is -0.249. The van der Waals surface area contributed by atoms with Gasteiger partial charge < -0.3 is 25.0 Å². The van der Waals surface area contributed by atoms with E-state index < -0.39 is 34.1 Å². The smallest absolute Gasteiger partial charge is 0.321 e. The number of aliphatic hydroxyl groups excluding tert-OH is 1. The van der Waals surface area contributed by atoms with Crippen molar-refractivity contribution in [1.29, 1.82) is 0 Å². The normalized spacial score (nSPS) is 15.5. The lowest BCUT2D eigenvalue weighted by atomic mass is 9.97. The zero-order valence-electron chi connectivity index (χ0n) is 30.3. The van der Waals surface area contributed by atoms with Crippen molar-refractivity contribution in [2.24, 2.45) is 11.8 Å². The SMILES string of the molecule is CCCC(=O)c1nc(CN2CCN([C@H](C(=O)N[C@@H](Cc3ccccc3)[C@@H](O)CN(CC(C)C)S(=O)(=O)c3ccc(OC)cc3)C(C)C)C2=O)cs1. The number of methoxy groups -OCH3 is 1. The third-order valence-electron chi connectivity index (χ3n) is 8.73. The topological polar surface area (TPSA) is 149 Å². The molecule has 14 heteroatoms. The van der Waals surface area contributed by atoms with Gasteiger partial charge in [0, 0.05) is 38.0 Å². The maximum Gasteiger partial charge on any atom is 0.321 e. The lowest BCUT2D eigenvalue weighted by molar-refractivity contribution is -0.128. The Bertz CT molecular complexity index is 1710. The molecule has 1 saturated heterocycles. The van der Waals surface area contributed by atoms with Gasteiger partial charge in [-0.15, -0.1) is 11.3 Å². The molecule has 2 aromatic carbocycles. The van der Waals surface area contributed by atoms with Crippen molar-refractivity contribution in [2.45, 2.75) is 83.5 Å². The molecule has 1 aliphatic rings. The average molecular weight is 742 g/mol. The first-order valence-corrected chi connectivity index (χ1v) is 19.8. The molecule has 0 bridgehead atoms. The molecular weight excluding hydrogens is 691 g/mol. The molecule has 1 fully saturated rings. The fourth-order valence-electron chi connectivity index (χ4n) is 6.18. The number of aromatic nitrogens is 1. The molecule has 1 aliphatic heterocycles. The average Bonchev–Trinajstić information content (AvgIpc) is 3.71. The zero-order chi connectivity index (χ0) is 37.3. The fourth-order valence-corrected chi connectivity index (χ4v) is 8.58. The van der Waals surface area contributed by atoms with E-state index in [0.717, 1.165) is 12.0 Å². The third-order valence-corrected chi connectivity index (χ3v) is 11.5. The van der Waals surface area contributed by atoms with Gasteiger partial charge >= 0.3 is 6.03 Å². The second-order valence-electron chi connectivity index (χ2n) is 13.7. The van der Waals surface area contributed by atoms with Crippen LogP contribution >= 0.6 is 11.3 Å². The van der Waals surface area contributed by atoms with Gasteiger partial charge in [0.1, 0.15) is 11.8 Å². The number of carbonyl (C=O) groups excluding carboxylic acids is 3. The summed E-state index contributed by atoms with van der Waals surface area (Å²) in [4.78, 5) is 47.8. The molecule has 4 rings (SSSR count). The molecule has 0 aliphatic carbocycles. The first kappa shape index (κ1) is 39.9. The van der Waals surface area contributed by atoms with Gasteiger partial charge in [-0.05, 0) is 54.5 Å². The number of rotatable bonds is 19. The van der Waals surface area contributed by atoms with Gasteiger partial charge in [0.2, 0.25) is 15.9 Å². The number of aliphatic hydroxyl groups is 1. The van der Waals surface area contributed by atoms with Gasteiger partial charge in [-0.3, -0.25) is 9.59 Å². The van der Waals surface area contributed by atoms with Crippen molar-refractivity contribution >= 4 is 39.1 Å². The van der Waals surface area contributed by atoms with Crippen molar-refractivity contribution in [2.75, 3.05) is 33.3 Å². The summed E-state index contributed by atoms with van der Waals surface area (Å²) in [5.41, 5.74) is 1.47. The first-order chi connectivity index (χ1) is 24.2. The second kappa shape index (κ2) is 18.1. The molecule has 2 heterocycles. The van der Waals surface area contributed by atoms with Crippen LogP contribution in [0.25, 0.3) is 0 Å². The largest absolute Gasteiger partial charge is 0.497 e. The summed E-state index contributed by atoms with van der Waals surface area (Å²) >= 11 is 1.27. The summed E-state index contributed by atoms with van der Waals surface area (Å²) in [7, 11) is -2.51. The number of amides is 3. The minimum Gasteiger partial charge on any atom is -0.497 e. The summed E-state index contributed by atoms with van der Waals surface area (Å²) in [6.45, 7) is 10.3. The Balaban J connectivity index is 1.54. The van der Waals surface area contributed by atoms with Gasteiger partial charge in [0.05, 0.1) is 36.4 Å². The van der Waals surface area contributed by atoms with Crippen LogP contribution in [-0.2, 0) is 27.8 Å². The number of nitrogens with one attached hydrogen (secondary N) is 1. The van der Waals surface area contributed by atoms with Crippen molar-refractivity contribution < 1.29 is 32.6 Å². The highest BCUT2D eigenvalue weighted by molar-refractivity contribution is 7.89. The summed E-state index contributed by atoms with van der Waals surface area (Å²) < 4.78 is 34.2. The van der Waals surface area contributed by atoms with Crippen LogP contribution < -0.4 is 10.1 Å². The van der Waals surface area contributed by atoms with E-state index in [1.54, 1.807) is 27.3 Å². The van der Waals surface area contributed by atoms with Crippen molar-refractivity contribution in [1.82, 2.24) is 24.4 Å². The van der Waals surface area contributed by atoms with Gasteiger partial charge in [0.15, 0.2) is 10.8 Å². The Morgan fingerprint density at radius 1 is 1.04 bits per heavy atom. The highest BCUT2D eigenvalue weighted by Gasteiger charge is 2.40. The van der Waals surface area contributed by atoms with Crippen LogP contribution in [0.4, 0.5) is 4.79 Å². The van der Waals surface area contributed by atoms with E-state index in [1.165, 1.54) is 34.9 Å². The fraction of sp³-hybridized carbons (Fsp3) is 0.514. The standard InChI is InChI=1S/C37H51N5O7S2/c1-7-11-32(43)36-38-28(24-50-36)22-40-18-19-42(37(40)46)34(26(4)5)35(45)39-31(20-27-12-9-8-10-13-27)33(44)23-41(21-25(2)3)51(47,48)30-16-14-29(49-6)15-17-30/h8-10,12-17,24-26,31,33-34,44H,7,11,18-23H2,1-6H3,(H,39,45)/t31-,33-,34-/m0/s1. The highest BCUT2D eigenvalue weighted by atomic mass is 32.2. The van der Waals surface area contributed by atoms with E-state index >= 15 is 0 Å². The van der Waals surface area contributed by atoms with Gasteiger partial charge in [-0.25, -0.2) is 18.2 Å². The van der Waals surface area contributed by atoms with E-state index in [9.17, 15) is 27.9 Å². The number of thiazole rings is 1. The second-order valence-corrected chi connectivity index (χ2v) is 16.5. The van der Waals surface area contributed by atoms with Crippen molar-refractivity contribution in [3.63, 3.8) is 0 Å². The maximum atomic E-state index is 14.1. The van der Waals surface area contributed by atoms with E-state index in [-0.39, 0.29) is 54.6 Å². The number of ether oxygens (including phenoxy) is 1. The third kappa shape index (κ3) is 10.4. The number of hydrogen-bond donors (Lipinski definition) is 2.